The second-order valence-corrected chi connectivity index (χ2v) is 6.70. The molecule has 3 unspecified atom stereocenters. The van der Waals surface area contributed by atoms with Crippen LogP contribution >= 0.6 is 15.9 Å². The van der Waals surface area contributed by atoms with Gasteiger partial charge >= 0.3 is 0 Å². The molecule has 0 radical (unpaired) electrons. The van der Waals surface area contributed by atoms with Crippen molar-refractivity contribution < 1.29 is 4.39 Å². The van der Waals surface area contributed by atoms with Crippen molar-refractivity contribution in [1.82, 2.24) is 5.32 Å². The number of rotatable bonds is 4. The fourth-order valence-corrected chi connectivity index (χ4v) is 3.65. The lowest BCUT2D eigenvalue weighted by atomic mass is 9.76. The third-order valence-corrected chi connectivity index (χ3v) is 4.69. The summed E-state index contributed by atoms with van der Waals surface area (Å²) in [6, 6.07) is 5.80. The molecule has 3 atom stereocenters. The van der Waals surface area contributed by atoms with Gasteiger partial charge in [0.2, 0.25) is 0 Å². The van der Waals surface area contributed by atoms with E-state index in [0.717, 1.165) is 28.9 Å². The van der Waals surface area contributed by atoms with Gasteiger partial charge in [0.25, 0.3) is 0 Å². The first kappa shape index (κ1) is 15.0. The van der Waals surface area contributed by atoms with E-state index in [-0.39, 0.29) is 5.82 Å². The average Bonchev–Trinajstić information content (AvgIpc) is 2.37. The molecule has 0 aliphatic heterocycles. The van der Waals surface area contributed by atoms with Crippen LogP contribution in [0.15, 0.2) is 22.7 Å². The van der Waals surface area contributed by atoms with Gasteiger partial charge in [-0.1, -0.05) is 29.8 Å². The van der Waals surface area contributed by atoms with E-state index in [4.69, 9.17) is 0 Å². The summed E-state index contributed by atoms with van der Waals surface area (Å²) in [7, 11) is 0. The Kier molecular flexibility index (Phi) is 5.40. The van der Waals surface area contributed by atoms with Gasteiger partial charge in [0, 0.05) is 10.5 Å². The molecule has 0 amide bonds. The Hall–Kier alpha value is -0.410. The van der Waals surface area contributed by atoms with Crippen molar-refractivity contribution in [2.75, 3.05) is 6.54 Å². The van der Waals surface area contributed by atoms with Crippen molar-refractivity contribution in [2.45, 2.75) is 45.6 Å². The maximum atomic E-state index is 13.9. The monoisotopic (exact) mass is 327 g/mol. The van der Waals surface area contributed by atoms with Gasteiger partial charge in [-0.2, -0.15) is 0 Å². The Bertz CT molecular complexity index is 421. The third-order valence-electron chi connectivity index (χ3n) is 4.20. The molecule has 19 heavy (non-hydrogen) atoms. The minimum Gasteiger partial charge on any atom is -0.314 e. The van der Waals surface area contributed by atoms with Crippen LogP contribution in [0.1, 0.15) is 38.7 Å². The number of halogens is 2. The highest BCUT2D eigenvalue weighted by molar-refractivity contribution is 9.10. The lowest BCUT2D eigenvalue weighted by Gasteiger charge is -2.35. The van der Waals surface area contributed by atoms with Gasteiger partial charge in [0.05, 0.1) is 0 Å². The van der Waals surface area contributed by atoms with Gasteiger partial charge < -0.3 is 5.32 Å². The Morgan fingerprint density at radius 3 is 2.89 bits per heavy atom. The van der Waals surface area contributed by atoms with E-state index >= 15 is 0 Å². The zero-order valence-electron chi connectivity index (χ0n) is 11.8. The van der Waals surface area contributed by atoms with Crippen LogP contribution in [0.4, 0.5) is 4.39 Å². The van der Waals surface area contributed by atoms with E-state index in [1.807, 2.05) is 6.07 Å². The molecule has 1 aromatic rings. The van der Waals surface area contributed by atoms with E-state index in [1.165, 1.54) is 19.3 Å². The first-order valence-corrected chi connectivity index (χ1v) is 8.06. The van der Waals surface area contributed by atoms with Crippen LogP contribution in [-0.4, -0.2) is 12.6 Å². The summed E-state index contributed by atoms with van der Waals surface area (Å²) < 4.78 is 14.9. The predicted molar refractivity (Wildman–Crippen MR) is 81.8 cm³/mol. The van der Waals surface area contributed by atoms with Gasteiger partial charge in [0.1, 0.15) is 5.82 Å². The summed E-state index contributed by atoms with van der Waals surface area (Å²) >= 11 is 3.44. The van der Waals surface area contributed by atoms with Crippen molar-refractivity contribution in [3.8, 4) is 0 Å². The maximum absolute atomic E-state index is 13.9. The molecule has 1 saturated carbocycles. The number of benzene rings is 1. The molecule has 0 aromatic heterocycles. The van der Waals surface area contributed by atoms with Gasteiger partial charge in [-0.25, -0.2) is 4.39 Å². The Morgan fingerprint density at radius 2 is 2.16 bits per heavy atom. The fraction of sp³-hybridized carbons (Fsp3) is 0.625. The first-order chi connectivity index (χ1) is 9.10. The lowest BCUT2D eigenvalue weighted by molar-refractivity contribution is 0.213. The molecule has 3 heteroatoms. The Labute approximate surface area is 124 Å². The zero-order chi connectivity index (χ0) is 13.8. The molecule has 1 aliphatic carbocycles. The van der Waals surface area contributed by atoms with E-state index in [9.17, 15) is 4.39 Å². The van der Waals surface area contributed by atoms with E-state index in [2.05, 4.69) is 35.1 Å². The minimum absolute atomic E-state index is 0.0725. The number of hydrogen-bond acceptors (Lipinski definition) is 1. The molecule has 0 bridgehead atoms. The Balaban J connectivity index is 2.11. The normalized spacial score (nSPS) is 27.5. The highest BCUT2D eigenvalue weighted by atomic mass is 79.9. The quantitative estimate of drug-likeness (QED) is 0.855. The summed E-state index contributed by atoms with van der Waals surface area (Å²) in [5.74, 6) is 1.24. The van der Waals surface area contributed by atoms with E-state index < -0.39 is 0 Å². The van der Waals surface area contributed by atoms with Crippen molar-refractivity contribution in [3.63, 3.8) is 0 Å². The summed E-state index contributed by atoms with van der Waals surface area (Å²) in [6.45, 7) is 5.46. The second-order valence-electron chi connectivity index (χ2n) is 5.78. The molecule has 0 spiro atoms. The molecule has 1 N–H and O–H groups in total. The van der Waals surface area contributed by atoms with Crippen molar-refractivity contribution in [1.29, 1.82) is 0 Å². The molecule has 106 valence electrons. The van der Waals surface area contributed by atoms with Gasteiger partial charge in [0.15, 0.2) is 0 Å². The maximum Gasteiger partial charge on any atom is 0.126 e. The largest absolute Gasteiger partial charge is 0.314 e. The number of hydrogen-bond donors (Lipinski definition) is 1. The first-order valence-electron chi connectivity index (χ1n) is 7.27. The minimum atomic E-state index is -0.0725. The van der Waals surface area contributed by atoms with Gasteiger partial charge in [-0.3, -0.25) is 0 Å². The summed E-state index contributed by atoms with van der Waals surface area (Å²) in [5, 5.41) is 3.58. The molecule has 0 heterocycles. The second kappa shape index (κ2) is 6.85. The highest BCUT2D eigenvalue weighted by Gasteiger charge is 2.28. The lowest BCUT2D eigenvalue weighted by Crippen LogP contribution is -2.41. The van der Waals surface area contributed by atoms with Crippen LogP contribution in [0.3, 0.4) is 0 Å². The standard InChI is InChI=1S/C16H23BrFN/c1-3-19-16-7-4-11(2)8-13(16)9-12-10-14(17)5-6-15(12)18/h5-6,10-11,13,16,19H,3-4,7-9H2,1-2H3. The zero-order valence-corrected chi connectivity index (χ0v) is 13.3. The summed E-state index contributed by atoms with van der Waals surface area (Å²) in [6.07, 6.45) is 4.54. The van der Waals surface area contributed by atoms with Crippen LogP contribution in [0, 0.1) is 17.7 Å². The molecule has 1 aliphatic rings. The van der Waals surface area contributed by atoms with Crippen LogP contribution in [0.5, 0.6) is 0 Å². The van der Waals surface area contributed by atoms with Crippen molar-refractivity contribution in [3.05, 3.63) is 34.1 Å². The topological polar surface area (TPSA) is 12.0 Å². The highest BCUT2D eigenvalue weighted by Crippen LogP contribution is 2.32. The third kappa shape index (κ3) is 4.03. The van der Waals surface area contributed by atoms with Gasteiger partial charge in [-0.15, -0.1) is 0 Å². The van der Waals surface area contributed by atoms with Crippen LogP contribution in [-0.2, 0) is 6.42 Å². The summed E-state index contributed by atoms with van der Waals surface area (Å²) in [5.41, 5.74) is 0.844. The van der Waals surface area contributed by atoms with Gasteiger partial charge in [-0.05, 0) is 67.8 Å². The number of nitrogens with one attached hydrogen (secondary N) is 1. The molecule has 0 saturated heterocycles. The molecule has 1 fully saturated rings. The molecular weight excluding hydrogens is 305 g/mol. The molecule has 1 aromatic carbocycles. The van der Waals surface area contributed by atoms with Crippen LogP contribution < -0.4 is 5.32 Å². The molecule has 1 nitrogen and oxygen atoms in total. The molecular formula is C16H23BrFN. The SMILES string of the molecule is CCNC1CCC(C)CC1Cc1cc(Br)ccc1F. The van der Waals surface area contributed by atoms with Crippen molar-refractivity contribution >= 4 is 15.9 Å². The van der Waals surface area contributed by atoms with E-state index in [0.29, 0.717) is 12.0 Å². The fourth-order valence-electron chi connectivity index (χ4n) is 3.24. The Morgan fingerprint density at radius 1 is 1.37 bits per heavy atom. The van der Waals surface area contributed by atoms with Crippen LogP contribution in [0.25, 0.3) is 0 Å². The smallest absolute Gasteiger partial charge is 0.126 e. The van der Waals surface area contributed by atoms with E-state index in [1.54, 1.807) is 12.1 Å². The summed E-state index contributed by atoms with van der Waals surface area (Å²) in [4.78, 5) is 0. The average molecular weight is 328 g/mol. The predicted octanol–water partition coefficient (Wildman–Crippen LogP) is 4.55. The van der Waals surface area contributed by atoms with Crippen LogP contribution in [0.2, 0.25) is 0 Å². The molecule has 2 rings (SSSR count). The van der Waals surface area contributed by atoms with Crippen molar-refractivity contribution in [2.24, 2.45) is 11.8 Å².